The molecule has 6 aliphatic rings. The average Bonchev–Trinajstić information content (AvgIpc) is 1.67. The summed E-state index contributed by atoms with van der Waals surface area (Å²) in [6.07, 6.45) is 9.80. The Morgan fingerprint density at radius 2 is 1.52 bits per heavy atom. The number of hydrogen-bond donors (Lipinski definition) is 6. The fourth-order valence-corrected chi connectivity index (χ4v) is 14.1. The molecule has 29 heteroatoms. The van der Waals surface area contributed by atoms with Gasteiger partial charge in [0, 0.05) is 97.6 Å². The lowest BCUT2D eigenvalue weighted by atomic mass is 9.94. The van der Waals surface area contributed by atoms with E-state index in [0.717, 1.165) is 16.8 Å². The summed E-state index contributed by atoms with van der Waals surface area (Å²) in [7, 11) is 5.38. The Kier molecular flexibility index (Phi) is 28.7. The van der Waals surface area contributed by atoms with Crippen LogP contribution in [0.3, 0.4) is 0 Å². The molecule has 28 nitrogen and oxygen atoms in total. The molecule has 6 N–H and O–H groups in total. The number of fused-ring (bicyclic) bond motifs is 5. The molecule has 2 aromatic heterocycles. The lowest BCUT2D eigenvalue weighted by Crippen LogP contribution is -2.61. The summed E-state index contributed by atoms with van der Waals surface area (Å²) in [6.45, 7) is 14.4. The molecular weight excluding hydrogens is 1380 g/mol. The summed E-state index contributed by atoms with van der Waals surface area (Å²) in [5, 5.41) is 31.6. The van der Waals surface area contributed by atoms with Gasteiger partial charge < -0.3 is 74.6 Å². The highest BCUT2D eigenvalue weighted by Gasteiger charge is 2.46. The van der Waals surface area contributed by atoms with E-state index < -0.39 is 132 Å². The first kappa shape index (κ1) is 81.0. The first-order valence-corrected chi connectivity index (χ1v) is 36.7. The van der Waals surface area contributed by atoms with Gasteiger partial charge in [0.25, 0.3) is 11.8 Å². The molecule has 10 rings (SSSR count). The zero-order chi connectivity index (χ0) is 77.2. The van der Waals surface area contributed by atoms with Gasteiger partial charge in [-0.25, -0.2) is 23.9 Å². The fourth-order valence-electron chi connectivity index (χ4n) is 14.1. The monoisotopic (exact) mass is 1480 g/mol. The van der Waals surface area contributed by atoms with Crippen molar-refractivity contribution in [1.29, 1.82) is 0 Å². The van der Waals surface area contributed by atoms with Crippen LogP contribution in [0.2, 0.25) is 0 Å². The summed E-state index contributed by atoms with van der Waals surface area (Å²) in [5.41, 5.74) is 3.22. The predicted octanol–water partition coefficient (Wildman–Crippen LogP) is 4.87. The number of morpholine rings is 1. The summed E-state index contributed by atoms with van der Waals surface area (Å²) >= 11 is 0. The number of oxazole rings is 1. The Bertz CT molecular complexity index is 3930. The third-order valence-electron chi connectivity index (χ3n) is 20.0. The van der Waals surface area contributed by atoms with Crippen molar-refractivity contribution in [3.63, 3.8) is 0 Å². The number of carbonyl (C=O) groups excluding carboxylic acids is 10. The molecule has 8 amide bonds. The third-order valence-corrected chi connectivity index (χ3v) is 20.0. The van der Waals surface area contributed by atoms with E-state index in [0.29, 0.717) is 76.2 Å². The van der Waals surface area contributed by atoms with Crippen molar-refractivity contribution < 1.29 is 81.2 Å². The van der Waals surface area contributed by atoms with Gasteiger partial charge in [-0.15, -0.1) is 0 Å². The normalized spacial score (nSPS) is 27.9. The van der Waals surface area contributed by atoms with E-state index in [-0.39, 0.29) is 81.1 Å². The summed E-state index contributed by atoms with van der Waals surface area (Å²) in [6, 6.07) is 10.2. The number of pyridine rings is 1. The molecule has 2 bridgehead atoms. The van der Waals surface area contributed by atoms with Gasteiger partial charge in [-0.2, -0.15) is 0 Å². The molecular formula is C78H101FN12O16. The Balaban J connectivity index is 0.000000294. The number of benzene rings is 2. The molecule has 0 unspecified atom stereocenters. The molecule has 576 valence electrons. The van der Waals surface area contributed by atoms with Crippen molar-refractivity contribution >= 4 is 64.9 Å². The Morgan fingerprint density at radius 3 is 2.21 bits per heavy atom. The summed E-state index contributed by atoms with van der Waals surface area (Å²) in [5.74, 6) is -7.05. The first-order chi connectivity index (χ1) is 51.2. The number of alkyl halides is 1. The van der Waals surface area contributed by atoms with Crippen molar-refractivity contribution in [2.45, 2.75) is 166 Å². The predicted molar refractivity (Wildman–Crippen MR) is 392 cm³/mol. The van der Waals surface area contributed by atoms with Gasteiger partial charge in [-0.1, -0.05) is 106 Å². The van der Waals surface area contributed by atoms with Gasteiger partial charge in [0.05, 0.1) is 25.7 Å². The largest absolute Gasteiger partial charge is 0.505 e. The topological polar surface area (TPSA) is 345 Å². The van der Waals surface area contributed by atoms with Crippen LogP contribution in [0.5, 0.6) is 5.75 Å². The van der Waals surface area contributed by atoms with Crippen LogP contribution < -0.4 is 26.2 Å². The molecule has 4 fully saturated rings. The smallest absolute Gasteiger partial charge is 0.333 e. The number of aliphatic hydroxyl groups excluding tert-OH is 1. The van der Waals surface area contributed by atoms with Crippen LogP contribution in [0.4, 0.5) is 10.1 Å². The van der Waals surface area contributed by atoms with Crippen molar-refractivity contribution in [3.05, 3.63) is 155 Å². The van der Waals surface area contributed by atoms with E-state index in [1.807, 2.05) is 70.1 Å². The molecule has 4 saturated heterocycles. The minimum atomic E-state index is -1.66. The van der Waals surface area contributed by atoms with Crippen molar-refractivity contribution in [2.75, 3.05) is 85.1 Å². The maximum Gasteiger partial charge on any atom is 0.333 e. The quantitative estimate of drug-likeness (QED) is 0.0910. The number of carbonyl (C=O) groups is 10. The highest BCUT2D eigenvalue weighted by atomic mass is 19.1. The number of esters is 2. The van der Waals surface area contributed by atoms with E-state index in [9.17, 15) is 57.8 Å². The van der Waals surface area contributed by atoms with Crippen molar-refractivity contribution in [2.24, 2.45) is 11.8 Å². The number of hydrogen-bond acceptors (Lipinski definition) is 20. The van der Waals surface area contributed by atoms with Crippen LogP contribution in [0.25, 0.3) is 0 Å². The average molecular weight is 1480 g/mol. The lowest BCUT2D eigenvalue weighted by Gasteiger charge is -2.41. The van der Waals surface area contributed by atoms with Gasteiger partial charge in [0.15, 0.2) is 23.3 Å². The second-order valence-electron chi connectivity index (χ2n) is 28.5. The summed E-state index contributed by atoms with van der Waals surface area (Å²) in [4.78, 5) is 159. The number of halogens is 1. The highest BCUT2D eigenvalue weighted by Crippen LogP contribution is 2.30. The molecule has 0 spiro atoms. The minimum absolute atomic E-state index is 0.00515. The molecule has 8 heterocycles. The number of likely N-dealkylation sites (N-methyl/N-ethyl adjacent to an activating group) is 1. The van der Waals surface area contributed by atoms with E-state index in [1.54, 1.807) is 69.5 Å². The molecule has 0 saturated carbocycles. The molecule has 0 radical (unpaired) electrons. The maximum absolute atomic E-state index is 15.5. The molecule has 6 aliphatic heterocycles. The minimum Gasteiger partial charge on any atom is -0.505 e. The first-order valence-electron chi connectivity index (χ1n) is 36.7. The SMILES string of the molecule is CC1=C\[C@@H](O)C[C@@H](F)Cc2nc(co2)C(=O)N2CCC[C@@H]2C(=O)O[C@H](C(C)C)[C@H](C)/C=C/C(=O)NC\C=C\1.CC[C@H]1NC(=O)[C@@H](NC(=O)c2ncccc2O)[C@@H](C)OC(=O)[C@H](c2ccccc2)NC(=O)[C@@H]2CC=C(CN3CCOCC3)CN2C(=O)[C@H](Cc2ccc(N(C)C)cc2)N(C)C(=O)[C@@H]2CCCN2C1=O. The van der Waals surface area contributed by atoms with E-state index in [4.69, 9.17) is 18.6 Å². The van der Waals surface area contributed by atoms with Crippen LogP contribution in [-0.2, 0) is 65.4 Å². The number of rotatable bonds is 10. The number of nitrogens with one attached hydrogen (secondary N) is 4. The highest BCUT2D eigenvalue weighted by molar-refractivity contribution is 6.01. The van der Waals surface area contributed by atoms with Crippen LogP contribution >= 0.6 is 0 Å². The lowest BCUT2D eigenvalue weighted by molar-refractivity contribution is -0.158. The van der Waals surface area contributed by atoms with Gasteiger partial charge in [0.2, 0.25) is 35.4 Å². The number of nitrogens with zero attached hydrogens (tertiary/aromatic N) is 8. The Morgan fingerprint density at radius 1 is 0.813 bits per heavy atom. The second-order valence-corrected chi connectivity index (χ2v) is 28.5. The Labute approximate surface area is 623 Å². The van der Waals surface area contributed by atoms with Crippen molar-refractivity contribution in [3.8, 4) is 5.75 Å². The number of aliphatic hydroxyl groups is 1. The zero-order valence-corrected chi connectivity index (χ0v) is 62.3. The van der Waals surface area contributed by atoms with Gasteiger partial charge in [-0.3, -0.25) is 43.3 Å². The number of anilines is 1. The molecule has 4 aromatic rings. The van der Waals surface area contributed by atoms with Crippen LogP contribution in [-0.4, -0.2) is 245 Å². The Hall–Kier alpha value is -10.1. The van der Waals surface area contributed by atoms with E-state index in [1.165, 1.54) is 63.3 Å². The third kappa shape index (κ3) is 21.4. The van der Waals surface area contributed by atoms with E-state index >= 15 is 4.79 Å². The van der Waals surface area contributed by atoms with Crippen LogP contribution in [0.1, 0.15) is 131 Å². The number of allylic oxidation sites excluding steroid dienone is 2. The number of aromatic nitrogens is 2. The number of cyclic esters (lactones) is 2. The fraction of sp³-hybridized carbons (Fsp3) is 0.513. The maximum atomic E-state index is 15.5. The molecule has 0 aliphatic carbocycles. The standard InChI is InChI=1S/C50H63N9O10.C28H38FN3O6/c1-6-36-47(64)58-23-11-14-38(58)48(65)56(5)39(28-32-16-19-35(20-17-32)55(3)4)49(66)59-30-33(29-57-24-26-68-27-25-57)18-21-37(59)44(61)54-42(34-12-8-7-9-13-34)50(67)69-31(2)41(45(62)52-36)53-46(63)43-40(60)15-10-22-51-43;1-17(2)26-19(4)9-10-24(34)30-11-5-7-18(3)13-21(33)14-20(29)15-25-31-22(16-37-25)27(35)32-12-6-8-23(32)28(36)38-26/h7-10,12-13,15-20,22,31,36-39,41-42,60H,6,11,14,21,23-30H2,1-5H3,(H,52,62)(H,53,63)(H,54,61);5,7,9-10,13,16-17,19-21,23,26,33H,6,8,11-12,14-15H2,1-4H3,(H,30,34)/b;7-5+,10-9+,18-13+/t31-,36-,37+,38+,39+,41+,42+;19-,20-,21-,23-,26-/m11/s1. The molecule has 2 aromatic carbocycles. The van der Waals surface area contributed by atoms with Gasteiger partial charge in [0.1, 0.15) is 66.6 Å². The van der Waals surface area contributed by atoms with Crippen molar-refractivity contribution in [1.82, 2.24) is 55.7 Å². The van der Waals surface area contributed by atoms with Crippen LogP contribution in [0.15, 0.2) is 131 Å². The van der Waals surface area contributed by atoms with Crippen LogP contribution in [0, 0.1) is 11.8 Å². The molecule has 107 heavy (non-hydrogen) atoms. The number of aromatic hydroxyl groups is 1. The number of amides is 8. The van der Waals surface area contributed by atoms with Gasteiger partial charge in [-0.05, 0) is 105 Å². The zero-order valence-electron chi connectivity index (χ0n) is 62.3. The number of ether oxygens (including phenoxy) is 3. The summed E-state index contributed by atoms with van der Waals surface area (Å²) < 4.78 is 37.4. The van der Waals surface area contributed by atoms with Gasteiger partial charge >= 0.3 is 11.9 Å². The molecule has 12 atom stereocenters. The second kappa shape index (κ2) is 37.9. The van der Waals surface area contributed by atoms with E-state index in [2.05, 4.69) is 36.1 Å².